The van der Waals surface area contributed by atoms with Crippen molar-refractivity contribution in [3.05, 3.63) is 35.9 Å². The summed E-state index contributed by atoms with van der Waals surface area (Å²) in [6.07, 6.45) is 1.38. The number of carbonyl (C=O) groups excluding carboxylic acids is 1. The van der Waals surface area contributed by atoms with Crippen LogP contribution < -0.4 is 0 Å². The maximum atomic E-state index is 11.4. The summed E-state index contributed by atoms with van der Waals surface area (Å²) >= 11 is 0. The predicted molar refractivity (Wildman–Crippen MR) is 56.1 cm³/mol. The lowest BCUT2D eigenvalue weighted by Crippen LogP contribution is -2.33. The molecule has 2 heteroatoms. The van der Waals surface area contributed by atoms with Crippen LogP contribution in [-0.2, 0) is 4.79 Å². The van der Waals surface area contributed by atoms with Crippen LogP contribution in [0.1, 0.15) is 24.4 Å². The van der Waals surface area contributed by atoms with Crippen LogP contribution in [0.5, 0.6) is 0 Å². The van der Waals surface area contributed by atoms with Crippen LogP contribution in [0.2, 0.25) is 0 Å². The summed E-state index contributed by atoms with van der Waals surface area (Å²) in [5.74, 6) is 0.386. The van der Waals surface area contributed by atoms with E-state index in [2.05, 4.69) is 24.1 Å². The lowest BCUT2D eigenvalue weighted by molar-refractivity contribution is -0.122. The summed E-state index contributed by atoms with van der Waals surface area (Å²) < 4.78 is 0. The minimum absolute atomic E-state index is 0.289. The minimum atomic E-state index is 0.289. The van der Waals surface area contributed by atoms with Crippen LogP contribution >= 0.6 is 0 Å². The van der Waals surface area contributed by atoms with Gasteiger partial charge in [0, 0.05) is 25.4 Å². The molecule has 0 spiro atoms. The summed E-state index contributed by atoms with van der Waals surface area (Å²) in [6.45, 7) is 0.887. The molecule has 0 radical (unpaired) electrons. The number of Topliss-reactive ketones (excluding diaryl/α,β-unsaturated/α-hetero) is 1. The van der Waals surface area contributed by atoms with Crippen LogP contribution in [-0.4, -0.2) is 24.3 Å². The van der Waals surface area contributed by atoms with Gasteiger partial charge in [0.2, 0.25) is 0 Å². The lowest BCUT2D eigenvalue weighted by atomic mass is 9.95. The molecule has 0 unspecified atom stereocenters. The van der Waals surface area contributed by atoms with Gasteiger partial charge in [0.15, 0.2) is 0 Å². The quantitative estimate of drug-likeness (QED) is 0.673. The molecule has 14 heavy (non-hydrogen) atoms. The highest BCUT2D eigenvalue weighted by Gasteiger charge is 2.24. The van der Waals surface area contributed by atoms with E-state index in [1.165, 1.54) is 5.56 Å². The molecule has 0 aromatic heterocycles. The van der Waals surface area contributed by atoms with Gasteiger partial charge in [0.1, 0.15) is 5.78 Å². The Morgan fingerprint density at radius 3 is 2.71 bits per heavy atom. The summed E-state index contributed by atoms with van der Waals surface area (Å²) in [7, 11) is 2.09. The fraction of sp³-hybridized carbons (Fsp3) is 0.417. The molecule has 74 valence electrons. The van der Waals surface area contributed by atoms with E-state index >= 15 is 0 Å². The Balaban J connectivity index is 2.20. The second-order valence-electron chi connectivity index (χ2n) is 3.90. The standard InChI is InChI=1S/C12H15NO/c1-13-8-7-11(14)9-12(13)10-5-3-2-4-6-10/h2-6,12H,7-9H2,1H3/t12-/m0/s1. The number of benzene rings is 1. The predicted octanol–water partition coefficient (Wildman–Crippen LogP) is 2.02. The fourth-order valence-corrected chi connectivity index (χ4v) is 1.98. The third-order valence-electron chi connectivity index (χ3n) is 2.88. The average Bonchev–Trinajstić information content (AvgIpc) is 2.23. The first-order chi connectivity index (χ1) is 6.77. The SMILES string of the molecule is CN1CCC(=O)C[C@H]1c1ccccc1. The van der Waals surface area contributed by atoms with Gasteiger partial charge in [-0.1, -0.05) is 30.3 Å². The first kappa shape index (κ1) is 9.41. The molecule has 2 rings (SSSR count). The molecule has 1 aliphatic rings. The molecule has 1 fully saturated rings. The van der Waals surface area contributed by atoms with Crippen LogP contribution in [0.15, 0.2) is 30.3 Å². The van der Waals surface area contributed by atoms with Gasteiger partial charge in [-0.15, -0.1) is 0 Å². The maximum absolute atomic E-state index is 11.4. The molecule has 1 saturated heterocycles. The van der Waals surface area contributed by atoms with Gasteiger partial charge in [-0.3, -0.25) is 9.69 Å². The van der Waals surface area contributed by atoms with Crippen molar-refractivity contribution in [1.29, 1.82) is 0 Å². The van der Waals surface area contributed by atoms with Crippen molar-refractivity contribution < 1.29 is 4.79 Å². The Kier molecular flexibility index (Phi) is 2.64. The van der Waals surface area contributed by atoms with Crippen molar-refractivity contribution in [2.75, 3.05) is 13.6 Å². The van der Waals surface area contributed by atoms with Gasteiger partial charge in [-0.05, 0) is 12.6 Å². The third-order valence-corrected chi connectivity index (χ3v) is 2.88. The monoisotopic (exact) mass is 189 g/mol. The van der Waals surface area contributed by atoms with Crippen molar-refractivity contribution in [1.82, 2.24) is 4.90 Å². The van der Waals surface area contributed by atoms with Crippen molar-refractivity contribution in [3.63, 3.8) is 0 Å². The highest BCUT2D eigenvalue weighted by molar-refractivity contribution is 5.80. The van der Waals surface area contributed by atoms with Crippen LogP contribution in [0.3, 0.4) is 0 Å². The van der Waals surface area contributed by atoms with Gasteiger partial charge < -0.3 is 0 Å². The minimum Gasteiger partial charge on any atom is -0.300 e. The van der Waals surface area contributed by atoms with Gasteiger partial charge in [-0.2, -0.15) is 0 Å². The first-order valence-electron chi connectivity index (χ1n) is 5.04. The lowest BCUT2D eigenvalue weighted by Gasteiger charge is -2.31. The Morgan fingerprint density at radius 2 is 2.00 bits per heavy atom. The number of ketones is 1. The van der Waals surface area contributed by atoms with Gasteiger partial charge in [0.25, 0.3) is 0 Å². The largest absolute Gasteiger partial charge is 0.300 e. The fourth-order valence-electron chi connectivity index (χ4n) is 1.98. The number of nitrogens with zero attached hydrogens (tertiary/aromatic N) is 1. The number of likely N-dealkylation sites (tertiary alicyclic amines) is 1. The summed E-state index contributed by atoms with van der Waals surface area (Å²) in [5, 5.41) is 0. The van der Waals surface area contributed by atoms with Crippen LogP contribution in [0, 0.1) is 0 Å². The molecular formula is C12H15NO. The molecule has 0 saturated carbocycles. The Morgan fingerprint density at radius 1 is 1.29 bits per heavy atom. The van der Waals surface area contributed by atoms with Gasteiger partial charge in [-0.25, -0.2) is 0 Å². The molecule has 0 N–H and O–H groups in total. The zero-order valence-corrected chi connectivity index (χ0v) is 8.44. The van der Waals surface area contributed by atoms with Crippen molar-refractivity contribution in [2.24, 2.45) is 0 Å². The van der Waals surface area contributed by atoms with Crippen molar-refractivity contribution in [3.8, 4) is 0 Å². The molecule has 1 aromatic rings. The Bertz CT molecular complexity index is 320. The van der Waals surface area contributed by atoms with Gasteiger partial charge >= 0.3 is 0 Å². The van der Waals surface area contributed by atoms with Crippen molar-refractivity contribution >= 4 is 5.78 Å². The van der Waals surface area contributed by atoms with Crippen LogP contribution in [0.4, 0.5) is 0 Å². The van der Waals surface area contributed by atoms with E-state index in [4.69, 9.17) is 0 Å². The highest BCUT2D eigenvalue weighted by Crippen LogP contribution is 2.27. The second kappa shape index (κ2) is 3.93. The number of hydrogen-bond donors (Lipinski definition) is 0. The molecule has 2 nitrogen and oxygen atoms in total. The Hall–Kier alpha value is -1.15. The van der Waals surface area contributed by atoms with E-state index in [1.807, 2.05) is 18.2 Å². The highest BCUT2D eigenvalue weighted by atomic mass is 16.1. The molecule has 1 atom stereocenters. The molecule has 0 aliphatic carbocycles. The smallest absolute Gasteiger partial charge is 0.136 e. The van der Waals surface area contributed by atoms with E-state index in [9.17, 15) is 4.79 Å². The molecular weight excluding hydrogens is 174 g/mol. The number of piperidine rings is 1. The molecule has 0 amide bonds. The summed E-state index contributed by atoms with van der Waals surface area (Å²) in [5.41, 5.74) is 1.25. The van der Waals surface area contributed by atoms with Crippen molar-refractivity contribution in [2.45, 2.75) is 18.9 Å². The second-order valence-corrected chi connectivity index (χ2v) is 3.90. The van der Waals surface area contributed by atoms with E-state index in [0.29, 0.717) is 18.6 Å². The molecule has 1 aliphatic heterocycles. The summed E-state index contributed by atoms with van der Waals surface area (Å²) in [6, 6.07) is 10.6. The van der Waals surface area contributed by atoms with Gasteiger partial charge in [0.05, 0.1) is 0 Å². The third kappa shape index (κ3) is 1.85. The zero-order valence-electron chi connectivity index (χ0n) is 8.44. The topological polar surface area (TPSA) is 20.3 Å². The number of hydrogen-bond acceptors (Lipinski definition) is 2. The van der Waals surface area contributed by atoms with E-state index in [0.717, 1.165) is 6.54 Å². The molecule has 0 bridgehead atoms. The number of rotatable bonds is 1. The normalized spacial score (nSPS) is 23.8. The maximum Gasteiger partial charge on any atom is 0.136 e. The molecule has 1 aromatic carbocycles. The van der Waals surface area contributed by atoms with E-state index in [-0.39, 0.29) is 6.04 Å². The number of carbonyl (C=O) groups is 1. The van der Waals surface area contributed by atoms with E-state index in [1.54, 1.807) is 0 Å². The summed E-state index contributed by atoms with van der Waals surface area (Å²) in [4.78, 5) is 13.6. The molecule has 1 heterocycles. The Labute approximate surface area is 84.5 Å². The van der Waals surface area contributed by atoms with E-state index < -0.39 is 0 Å². The zero-order chi connectivity index (χ0) is 9.97. The average molecular weight is 189 g/mol. The van der Waals surface area contributed by atoms with Crippen LogP contribution in [0.25, 0.3) is 0 Å². The first-order valence-corrected chi connectivity index (χ1v) is 5.04.